The zero-order valence-corrected chi connectivity index (χ0v) is 18.5. The molecule has 3 aromatic rings. The molecule has 2 heterocycles. The van der Waals surface area contributed by atoms with Gasteiger partial charge in [-0.1, -0.05) is 29.8 Å². The number of carbonyl (C=O) groups excluding carboxylic acids is 1. The summed E-state index contributed by atoms with van der Waals surface area (Å²) in [6.45, 7) is 6.68. The molecule has 6 heteroatoms. The summed E-state index contributed by atoms with van der Waals surface area (Å²) in [6.07, 6.45) is 1.61. The summed E-state index contributed by atoms with van der Waals surface area (Å²) >= 11 is 0. The van der Waals surface area contributed by atoms with Gasteiger partial charge in [0, 0.05) is 42.9 Å². The Morgan fingerprint density at radius 1 is 1.23 bits per heavy atom. The second-order valence-electron chi connectivity index (χ2n) is 7.97. The number of aromatic nitrogens is 1. The fourth-order valence-corrected chi connectivity index (χ4v) is 4.32. The number of nitrogens with one attached hydrogen (secondary N) is 2. The van der Waals surface area contributed by atoms with E-state index < -0.39 is 0 Å². The van der Waals surface area contributed by atoms with Gasteiger partial charge in [0.25, 0.3) is 0 Å². The molecule has 0 radical (unpaired) electrons. The first-order chi connectivity index (χ1) is 15.1. The van der Waals surface area contributed by atoms with Crippen LogP contribution < -0.4 is 10.1 Å². The van der Waals surface area contributed by atoms with Gasteiger partial charge < -0.3 is 24.7 Å². The quantitative estimate of drug-likeness (QED) is 0.549. The first-order valence-electron chi connectivity index (χ1n) is 11.0. The Balaban J connectivity index is 1.67. The van der Waals surface area contributed by atoms with E-state index >= 15 is 0 Å². The molecule has 0 aliphatic carbocycles. The maximum absolute atomic E-state index is 13.1. The number of methoxy groups -OCH3 is 1. The first-order valence-corrected chi connectivity index (χ1v) is 11.0. The number of ether oxygens (including phenoxy) is 2. The Morgan fingerprint density at radius 3 is 2.77 bits per heavy atom. The van der Waals surface area contributed by atoms with E-state index in [0.717, 1.165) is 35.4 Å². The van der Waals surface area contributed by atoms with Crippen molar-refractivity contribution in [3.05, 3.63) is 64.8 Å². The molecular weight excluding hydrogens is 390 g/mol. The minimum Gasteiger partial charge on any atom is -0.497 e. The average Bonchev–Trinajstić information content (AvgIpc) is 3.16. The monoisotopic (exact) mass is 421 g/mol. The summed E-state index contributed by atoms with van der Waals surface area (Å²) in [5.74, 6) is 0.843. The smallest absolute Gasteiger partial charge is 0.318 e. The van der Waals surface area contributed by atoms with E-state index in [4.69, 9.17) is 9.47 Å². The van der Waals surface area contributed by atoms with Crippen LogP contribution in [0, 0.1) is 6.92 Å². The lowest BCUT2D eigenvalue weighted by Crippen LogP contribution is -2.46. The van der Waals surface area contributed by atoms with Crippen LogP contribution in [0.2, 0.25) is 0 Å². The molecule has 0 saturated heterocycles. The maximum atomic E-state index is 13.1. The molecule has 2 amide bonds. The predicted molar refractivity (Wildman–Crippen MR) is 123 cm³/mol. The lowest BCUT2D eigenvalue weighted by molar-refractivity contribution is 0.143. The maximum Gasteiger partial charge on any atom is 0.318 e. The highest BCUT2D eigenvalue weighted by atomic mass is 16.5. The van der Waals surface area contributed by atoms with Crippen LogP contribution in [0.3, 0.4) is 0 Å². The third kappa shape index (κ3) is 4.39. The van der Waals surface area contributed by atoms with Crippen molar-refractivity contribution < 1.29 is 14.3 Å². The van der Waals surface area contributed by atoms with Crippen LogP contribution >= 0.6 is 0 Å². The molecule has 31 heavy (non-hydrogen) atoms. The van der Waals surface area contributed by atoms with Gasteiger partial charge in [0.15, 0.2) is 0 Å². The van der Waals surface area contributed by atoms with E-state index in [1.165, 1.54) is 16.5 Å². The van der Waals surface area contributed by atoms with Crippen LogP contribution in [0.1, 0.15) is 41.8 Å². The molecule has 1 aliphatic rings. The number of aromatic amines is 1. The average molecular weight is 422 g/mol. The number of amides is 2. The molecule has 2 N–H and O–H groups in total. The normalized spacial score (nSPS) is 15.7. The number of aryl methyl sites for hydroxylation is 1. The molecule has 0 spiro atoms. The van der Waals surface area contributed by atoms with Gasteiger partial charge in [-0.15, -0.1) is 0 Å². The van der Waals surface area contributed by atoms with E-state index in [2.05, 4.69) is 53.6 Å². The Kier molecular flexibility index (Phi) is 6.47. The topological polar surface area (TPSA) is 66.6 Å². The van der Waals surface area contributed by atoms with E-state index in [9.17, 15) is 4.79 Å². The summed E-state index contributed by atoms with van der Waals surface area (Å²) in [4.78, 5) is 18.7. The SMILES string of the molecule is CCOCCCNC(=O)N1CCc2c([nH]c3ccc(OC)cc23)C1c1ccc(C)cc1. The van der Waals surface area contributed by atoms with Crippen molar-refractivity contribution in [2.24, 2.45) is 0 Å². The standard InChI is InChI=1S/C25H31N3O3/c1-4-31-15-5-13-26-25(29)28-14-12-20-21-16-19(30-3)10-11-22(21)27-23(20)24(28)18-8-6-17(2)7-9-18/h6-11,16,24,27H,4-5,12-15H2,1-3H3,(H,26,29). The summed E-state index contributed by atoms with van der Waals surface area (Å²) < 4.78 is 10.8. The van der Waals surface area contributed by atoms with E-state index in [1.807, 2.05) is 17.9 Å². The molecular formula is C25H31N3O3. The first kappa shape index (κ1) is 21.2. The van der Waals surface area contributed by atoms with Crippen molar-refractivity contribution in [3.8, 4) is 5.75 Å². The zero-order valence-electron chi connectivity index (χ0n) is 18.5. The predicted octanol–water partition coefficient (Wildman–Crippen LogP) is 4.57. The number of carbonyl (C=O) groups is 1. The molecule has 1 aromatic heterocycles. The molecule has 1 atom stereocenters. The van der Waals surface area contributed by atoms with Crippen molar-refractivity contribution in [2.75, 3.05) is 33.4 Å². The number of fused-ring (bicyclic) bond motifs is 3. The highest BCUT2D eigenvalue weighted by Gasteiger charge is 2.34. The Labute approximate surface area is 183 Å². The van der Waals surface area contributed by atoms with Crippen LogP contribution in [0.15, 0.2) is 42.5 Å². The Bertz CT molecular complexity index is 1040. The van der Waals surface area contributed by atoms with Crippen molar-refractivity contribution >= 4 is 16.9 Å². The molecule has 0 bridgehead atoms. The second kappa shape index (κ2) is 9.43. The molecule has 0 saturated carbocycles. The van der Waals surface area contributed by atoms with Crippen molar-refractivity contribution in [3.63, 3.8) is 0 Å². The number of rotatable bonds is 7. The molecule has 2 aromatic carbocycles. The third-order valence-electron chi connectivity index (χ3n) is 5.93. The van der Waals surface area contributed by atoms with E-state index in [1.54, 1.807) is 7.11 Å². The number of urea groups is 1. The van der Waals surface area contributed by atoms with Crippen LogP contribution in [-0.4, -0.2) is 49.3 Å². The van der Waals surface area contributed by atoms with Gasteiger partial charge in [-0.25, -0.2) is 4.79 Å². The van der Waals surface area contributed by atoms with E-state index in [-0.39, 0.29) is 12.1 Å². The minimum atomic E-state index is -0.158. The summed E-state index contributed by atoms with van der Waals surface area (Å²) in [5.41, 5.74) is 5.73. The number of nitrogens with zero attached hydrogens (tertiary/aromatic N) is 1. The summed E-state index contributed by atoms with van der Waals surface area (Å²) in [5, 5.41) is 4.25. The highest BCUT2D eigenvalue weighted by Crippen LogP contribution is 2.39. The number of benzene rings is 2. The molecule has 1 aliphatic heterocycles. The van der Waals surface area contributed by atoms with Crippen LogP contribution in [0.4, 0.5) is 4.79 Å². The van der Waals surface area contributed by atoms with Gasteiger partial charge in [-0.2, -0.15) is 0 Å². The fraction of sp³-hybridized carbons (Fsp3) is 0.400. The van der Waals surface area contributed by atoms with Gasteiger partial charge in [0.1, 0.15) is 5.75 Å². The molecule has 164 valence electrons. The zero-order chi connectivity index (χ0) is 21.8. The summed E-state index contributed by atoms with van der Waals surface area (Å²) in [7, 11) is 1.69. The van der Waals surface area contributed by atoms with E-state index in [0.29, 0.717) is 26.3 Å². The summed E-state index contributed by atoms with van der Waals surface area (Å²) in [6, 6.07) is 14.4. The fourth-order valence-electron chi connectivity index (χ4n) is 4.32. The van der Waals surface area contributed by atoms with Gasteiger partial charge in [0.2, 0.25) is 0 Å². The third-order valence-corrected chi connectivity index (χ3v) is 5.93. The molecule has 6 nitrogen and oxygen atoms in total. The highest BCUT2D eigenvalue weighted by molar-refractivity contribution is 5.87. The van der Waals surface area contributed by atoms with Crippen molar-refractivity contribution in [1.82, 2.24) is 15.2 Å². The molecule has 1 unspecified atom stereocenters. The largest absolute Gasteiger partial charge is 0.497 e. The van der Waals surface area contributed by atoms with Gasteiger partial charge in [0.05, 0.1) is 13.2 Å². The van der Waals surface area contributed by atoms with Crippen LogP contribution in [0.5, 0.6) is 5.75 Å². The molecule has 0 fully saturated rings. The van der Waals surface area contributed by atoms with Crippen LogP contribution in [-0.2, 0) is 11.2 Å². The number of H-pyrrole nitrogens is 1. The number of hydrogen-bond donors (Lipinski definition) is 2. The lowest BCUT2D eigenvalue weighted by Gasteiger charge is -2.36. The van der Waals surface area contributed by atoms with Gasteiger partial charge >= 0.3 is 6.03 Å². The van der Waals surface area contributed by atoms with Crippen molar-refractivity contribution in [2.45, 2.75) is 32.7 Å². The second-order valence-corrected chi connectivity index (χ2v) is 7.97. The van der Waals surface area contributed by atoms with Crippen molar-refractivity contribution in [1.29, 1.82) is 0 Å². The lowest BCUT2D eigenvalue weighted by atomic mass is 9.92. The van der Waals surface area contributed by atoms with Gasteiger partial charge in [-0.3, -0.25) is 0 Å². The van der Waals surface area contributed by atoms with Gasteiger partial charge in [-0.05, 0) is 56.0 Å². The Hall–Kier alpha value is -2.99. The minimum absolute atomic E-state index is 0.0380. The van der Waals surface area contributed by atoms with Crippen LogP contribution in [0.25, 0.3) is 10.9 Å². The molecule has 4 rings (SSSR count). The Morgan fingerprint density at radius 2 is 2.03 bits per heavy atom. The number of hydrogen-bond acceptors (Lipinski definition) is 3.